The van der Waals surface area contributed by atoms with E-state index in [0.29, 0.717) is 24.2 Å². The van der Waals surface area contributed by atoms with Gasteiger partial charge in [0, 0.05) is 24.5 Å². The Hall–Kier alpha value is -1.55. The molecule has 0 aromatic carbocycles. The van der Waals surface area contributed by atoms with Crippen LogP contribution >= 0.6 is 0 Å². The van der Waals surface area contributed by atoms with E-state index >= 15 is 0 Å². The number of rotatable bonds is 6. The van der Waals surface area contributed by atoms with Crippen molar-refractivity contribution in [3.8, 4) is 0 Å². The number of likely N-dealkylation sites (tertiary alicyclic amines) is 1. The molecule has 0 aliphatic carbocycles. The fourth-order valence-electron chi connectivity index (χ4n) is 2.76. The van der Waals surface area contributed by atoms with E-state index in [1.54, 1.807) is 6.07 Å². The van der Waals surface area contributed by atoms with Crippen LogP contribution in [-0.4, -0.2) is 41.6 Å². The standard InChI is InChI=1S/C17H24N2O2/c1-3-5-15(20)12-14-6-4-7-16(18-14)17(21)13-8-10-19(2)11-9-13/h4,6-7,13H,3,5,8-12H2,1-2H3. The van der Waals surface area contributed by atoms with E-state index in [2.05, 4.69) is 16.9 Å². The number of hydrogen-bond acceptors (Lipinski definition) is 4. The van der Waals surface area contributed by atoms with Crippen LogP contribution in [0.4, 0.5) is 0 Å². The lowest BCUT2D eigenvalue weighted by molar-refractivity contribution is -0.118. The second-order valence-corrected chi connectivity index (χ2v) is 5.92. The van der Waals surface area contributed by atoms with Crippen molar-refractivity contribution < 1.29 is 9.59 Å². The van der Waals surface area contributed by atoms with Gasteiger partial charge in [-0.05, 0) is 51.5 Å². The topological polar surface area (TPSA) is 50.3 Å². The maximum Gasteiger partial charge on any atom is 0.184 e. The van der Waals surface area contributed by atoms with Crippen LogP contribution in [0.3, 0.4) is 0 Å². The van der Waals surface area contributed by atoms with Gasteiger partial charge in [0.1, 0.15) is 11.5 Å². The predicted octanol–water partition coefficient (Wildman–Crippen LogP) is 2.52. The normalized spacial score (nSPS) is 16.9. The van der Waals surface area contributed by atoms with E-state index in [0.717, 1.165) is 32.4 Å². The Kier molecular flexibility index (Phi) is 5.62. The molecule has 0 amide bonds. The minimum Gasteiger partial charge on any atom is -0.306 e. The molecule has 2 heterocycles. The molecule has 1 aliphatic heterocycles. The summed E-state index contributed by atoms with van der Waals surface area (Å²) in [5.74, 6) is 0.400. The number of piperidine rings is 1. The van der Waals surface area contributed by atoms with Crippen molar-refractivity contribution in [3.05, 3.63) is 29.6 Å². The summed E-state index contributed by atoms with van der Waals surface area (Å²) in [5, 5.41) is 0. The van der Waals surface area contributed by atoms with E-state index in [1.807, 2.05) is 19.1 Å². The molecule has 1 aliphatic rings. The Bertz CT molecular complexity index is 505. The zero-order valence-corrected chi connectivity index (χ0v) is 13.0. The number of hydrogen-bond donors (Lipinski definition) is 0. The first-order valence-electron chi connectivity index (χ1n) is 7.80. The quantitative estimate of drug-likeness (QED) is 0.755. The van der Waals surface area contributed by atoms with Gasteiger partial charge >= 0.3 is 0 Å². The van der Waals surface area contributed by atoms with Gasteiger partial charge < -0.3 is 4.90 Å². The Morgan fingerprint density at radius 1 is 1.29 bits per heavy atom. The van der Waals surface area contributed by atoms with Crippen LogP contribution in [0.25, 0.3) is 0 Å². The van der Waals surface area contributed by atoms with E-state index in [4.69, 9.17) is 0 Å². The van der Waals surface area contributed by atoms with Crippen molar-refractivity contribution in [2.24, 2.45) is 5.92 Å². The zero-order valence-electron chi connectivity index (χ0n) is 13.0. The van der Waals surface area contributed by atoms with E-state index in [1.165, 1.54) is 0 Å². The number of nitrogens with zero attached hydrogens (tertiary/aromatic N) is 2. The van der Waals surface area contributed by atoms with Crippen LogP contribution in [0.1, 0.15) is 48.8 Å². The van der Waals surface area contributed by atoms with Crippen LogP contribution in [0, 0.1) is 5.92 Å². The molecule has 2 rings (SSSR count). The summed E-state index contributed by atoms with van der Waals surface area (Å²) in [5.41, 5.74) is 1.23. The highest BCUT2D eigenvalue weighted by Crippen LogP contribution is 2.20. The average Bonchev–Trinajstić information content (AvgIpc) is 2.48. The summed E-state index contributed by atoms with van der Waals surface area (Å²) in [6.45, 7) is 3.92. The zero-order chi connectivity index (χ0) is 15.2. The number of pyridine rings is 1. The largest absolute Gasteiger partial charge is 0.306 e. The van der Waals surface area contributed by atoms with Crippen molar-refractivity contribution in [1.82, 2.24) is 9.88 Å². The van der Waals surface area contributed by atoms with Crippen molar-refractivity contribution >= 4 is 11.6 Å². The highest BCUT2D eigenvalue weighted by atomic mass is 16.1. The Morgan fingerprint density at radius 3 is 2.67 bits per heavy atom. The van der Waals surface area contributed by atoms with E-state index in [9.17, 15) is 9.59 Å². The molecule has 4 heteroatoms. The highest BCUT2D eigenvalue weighted by Gasteiger charge is 2.25. The Morgan fingerprint density at radius 2 is 2.00 bits per heavy atom. The molecule has 114 valence electrons. The van der Waals surface area contributed by atoms with Gasteiger partial charge in [-0.1, -0.05) is 13.0 Å². The van der Waals surface area contributed by atoms with Crippen molar-refractivity contribution in [1.29, 1.82) is 0 Å². The van der Waals surface area contributed by atoms with Gasteiger partial charge in [0.25, 0.3) is 0 Å². The van der Waals surface area contributed by atoms with Crippen molar-refractivity contribution in [2.75, 3.05) is 20.1 Å². The third-order valence-corrected chi connectivity index (χ3v) is 4.06. The first-order chi connectivity index (χ1) is 10.1. The summed E-state index contributed by atoms with van der Waals surface area (Å²) in [4.78, 5) is 30.9. The lowest BCUT2D eigenvalue weighted by Crippen LogP contribution is -2.33. The molecule has 0 bridgehead atoms. The fraction of sp³-hybridized carbons (Fsp3) is 0.588. The molecule has 0 saturated carbocycles. The predicted molar refractivity (Wildman–Crippen MR) is 82.4 cm³/mol. The summed E-state index contributed by atoms with van der Waals surface area (Å²) in [6.07, 6.45) is 3.57. The van der Waals surface area contributed by atoms with Gasteiger partial charge in [0.2, 0.25) is 0 Å². The van der Waals surface area contributed by atoms with Crippen LogP contribution in [0.5, 0.6) is 0 Å². The molecular weight excluding hydrogens is 264 g/mol. The van der Waals surface area contributed by atoms with Gasteiger partial charge in [-0.15, -0.1) is 0 Å². The summed E-state index contributed by atoms with van der Waals surface area (Å²) in [7, 11) is 2.08. The number of aromatic nitrogens is 1. The number of carbonyl (C=O) groups excluding carboxylic acids is 2. The molecular formula is C17H24N2O2. The lowest BCUT2D eigenvalue weighted by atomic mass is 9.91. The number of carbonyl (C=O) groups is 2. The second kappa shape index (κ2) is 7.46. The van der Waals surface area contributed by atoms with Gasteiger partial charge in [0.15, 0.2) is 5.78 Å². The molecule has 0 radical (unpaired) electrons. The second-order valence-electron chi connectivity index (χ2n) is 5.92. The molecule has 1 aromatic heterocycles. The van der Waals surface area contributed by atoms with Gasteiger partial charge in [-0.25, -0.2) is 4.98 Å². The van der Waals surface area contributed by atoms with E-state index < -0.39 is 0 Å². The van der Waals surface area contributed by atoms with E-state index in [-0.39, 0.29) is 17.5 Å². The monoisotopic (exact) mass is 288 g/mol. The smallest absolute Gasteiger partial charge is 0.184 e. The molecule has 1 saturated heterocycles. The molecule has 1 aromatic rings. The molecule has 0 spiro atoms. The molecule has 21 heavy (non-hydrogen) atoms. The van der Waals surface area contributed by atoms with Crippen LogP contribution in [0.2, 0.25) is 0 Å². The van der Waals surface area contributed by atoms with Gasteiger partial charge in [0.05, 0.1) is 0 Å². The summed E-state index contributed by atoms with van der Waals surface area (Å²) >= 11 is 0. The Balaban J connectivity index is 2.02. The summed E-state index contributed by atoms with van der Waals surface area (Å²) in [6, 6.07) is 5.44. The third-order valence-electron chi connectivity index (χ3n) is 4.06. The minimum atomic E-state index is 0.0790. The number of ketones is 2. The number of Topliss-reactive ketones (excluding diaryl/α,β-unsaturated/α-hetero) is 2. The maximum atomic E-state index is 12.5. The highest BCUT2D eigenvalue weighted by molar-refractivity contribution is 5.96. The van der Waals surface area contributed by atoms with Crippen molar-refractivity contribution in [2.45, 2.75) is 39.0 Å². The minimum absolute atomic E-state index is 0.0790. The molecule has 0 N–H and O–H groups in total. The molecule has 0 unspecified atom stereocenters. The SMILES string of the molecule is CCCC(=O)Cc1cccc(C(=O)C2CCN(C)CC2)n1. The Labute approximate surface area is 126 Å². The third kappa shape index (κ3) is 4.46. The molecule has 0 atom stereocenters. The van der Waals surface area contributed by atoms with Gasteiger partial charge in [-0.2, -0.15) is 0 Å². The first-order valence-corrected chi connectivity index (χ1v) is 7.80. The lowest BCUT2D eigenvalue weighted by Gasteiger charge is -2.27. The fourth-order valence-corrected chi connectivity index (χ4v) is 2.76. The van der Waals surface area contributed by atoms with Crippen LogP contribution in [-0.2, 0) is 11.2 Å². The van der Waals surface area contributed by atoms with Crippen LogP contribution in [0.15, 0.2) is 18.2 Å². The average molecular weight is 288 g/mol. The molecule has 1 fully saturated rings. The summed E-state index contributed by atoms with van der Waals surface area (Å²) < 4.78 is 0. The van der Waals surface area contributed by atoms with Gasteiger partial charge in [-0.3, -0.25) is 9.59 Å². The molecule has 4 nitrogen and oxygen atoms in total. The maximum absolute atomic E-state index is 12.5. The first kappa shape index (κ1) is 15.8. The van der Waals surface area contributed by atoms with Crippen molar-refractivity contribution in [3.63, 3.8) is 0 Å². The van der Waals surface area contributed by atoms with Crippen LogP contribution < -0.4 is 0 Å².